The van der Waals surface area contributed by atoms with Crippen molar-refractivity contribution in [2.45, 2.75) is 19.9 Å². The summed E-state index contributed by atoms with van der Waals surface area (Å²) in [5, 5.41) is 1.04. The Morgan fingerprint density at radius 2 is 2.00 bits per heavy atom. The van der Waals surface area contributed by atoms with E-state index in [4.69, 9.17) is 0 Å². The highest BCUT2D eigenvalue weighted by Gasteiger charge is 2.23. The van der Waals surface area contributed by atoms with Crippen molar-refractivity contribution in [3.8, 4) is 0 Å². The predicted octanol–water partition coefficient (Wildman–Crippen LogP) is 4.25. The second-order valence-electron chi connectivity index (χ2n) is 6.69. The van der Waals surface area contributed by atoms with E-state index in [1.807, 2.05) is 25.2 Å². The second-order valence-corrected chi connectivity index (χ2v) is 6.69. The van der Waals surface area contributed by atoms with Crippen molar-refractivity contribution in [2.24, 2.45) is 0 Å². The Hall–Kier alpha value is -2.88. The smallest absolute Gasteiger partial charge is 0.225 e. The highest BCUT2D eigenvalue weighted by molar-refractivity contribution is 5.89. The van der Waals surface area contributed by atoms with Crippen LogP contribution in [0, 0.1) is 0 Å². The summed E-state index contributed by atoms with van der Waals surface area (Å²) in [6.45, 7) is 7.38. The van der Waals surface area contributed by atoms with Crippen LogP contribution in [0.3, 0.4) is 0 Å². The van der Waals surface area contributed by atoms with E-state index in [1.54, 1.807) is 0 Å². The fraction of sp³-hybridized carbons (Fsp3) is 0.238. The maximum absolute atomic E-state index is 4.60. The summed E-state index contributed by atoms with van der Waals surface area (Å²) >= 11 is 0. The van der Waals surface area contributed by atoms with Gasteiger partial charge in [0.05, 0.1) is 5.52 Å². The molecule has 0 amide bonds. The first-order valence-corrected chi connectivity index (χ1v) is 8.59. The molecule has 25 heavy (non-hydrogen) atoms. The third-order valence-corrected chi connectivity index (χ3v) is 4.81. The summed E-state index contributed by atoms with van der Waals surface area (Å²) in [5.74, 6) is 0.727. The molecule has 0 aliphatic carbocycles. The van der Waals surface area contributed by atoms with E-state index in [0.717, 1.165) is 41.2 Å². The van der Waals surface area contributed by atoms with Gasteiger partial charge >= 0.3 is 0 Å². The van der Waals surface area contributed by atoms with Crippen molar-refractivity contribution < 1.29 is 0 Å². The van der Waals surface area contributed by atoms with Crippen LogP contribution in [-0.2, 0) is 13.0 Å². The summed E-state index contributed by atoms with van der Waals surface area (Å²) < 4.78 is 0. The van der Waals surface area contributed by atoms with E-state index in [0.29, 0.717) is 0 Å². The average Bonchev–Trinajstić information content (AvgIpc) is 2.97. The van der Waals surface area contributed by atoms with Crippen LogP contribution in [0.1, 0.15) is 23.6 Å². The Balaban J connectivity index is 1.70. The van der Waals surface area contributed by atoms with E-state index in [1.165, 1.54) is 16.7 Å². The largest absolute Gasteiger partial charge is 0.347 e. The molecule has 4 rings (SSSR count). The molecule has 126 valence electrons. The van der Waals surface area contributed by atoms with Crippen LogP contribution in [0.15, 0.2) is 49.2 Å². The van der Waals surface area contributed by atoms with Gasteiger partial charge in [0.2, 0.25) is 5.95 Å². The lowest BCUT2D eigenvalue weighted by atomic mass is 10.0. The molecule has 4 heteroatoms. The maximum Gasteiger partial charge on any atom is 0.225 e. The quantitative estimate of drug-likeness (QED) is 0.719. The summed E-state index contributed by atoms with van der Waals surface area (Å²) in [6.07, 6.45) is 2.93. The number of hydrogen-bond acceptors (Lipinski definition) is 4. The van der Waals surface area contributed by atoms with Crippen molar-refractivity contribution in [3.63, 3.8) is 0 Å². The van der Waals surface area contributed by atoms with Crippen LogP contribution in [0.4, 0.5) is 11.6 Å². The number of aryl methyl sites for hydroxylation is 1. The zero-order chi connectivity index (χ0) is 17.6. The molecule has 2 heterocycles. The Bertz CT molecular complexity index is 975. The highest BCUT2D eigenvalue weighted by atomic mass is 15.2. The van der Waals surface area contributed by atoms with Gasteiger partial charge in [-0.1, -0.05) is 25.6 Å². The first-order chi connectivity index (χ1) is 12.1. The minimum absolute atomic E-state index is 0.727. The van der Waals surface area contributed by atoms with E-state index in [-0.39, 0.29) is 0 Å². The third kappa shape index (κ3) is 2.64. The average molecular weight is 330 g/mol. The van der Waals surface area contributed by atoms with E-state index < -0.39 is 0 Å². The molecule has 0 bridgehead atoms. The minimum Gasteiger partial charge on any atom is -0.347 e. The van der Waals surface area contributed by atoms with Gasteiger partial charge in [-0.15, -0.1) is 0 Å². The molecule has 1 aliphatic heterocycles. The minimum atomic E-state index is 0.727. The molecule has 0 spiro atoms. The number of hydrogen-bond donors (Lipinski definition) is 0. The van der Waals surface area contributed by atoms with Gasteiger partial charge in [0, 0.05) is 49.2 Å². The highest BCUT2D eigenvalue weighted by Crippen LogP contribution is 2.37. The van der Waals surface area contributed by atoms with Gasteiger partial charge in [0.1, 0.15) is 0 Å². The van der Waals surface area contributed by atoms with Gasteiger partial charge in [0.15, 0.2) is 0 Å². The van der Waals surface area contributed by atoms with Crippen molar-refractivity contribution in [2.75, 3.05) is 23.9 Å². The molecule has 0 N–H and O–H groups in total. The third-order valence-electron chi connectivity index (χ3n) is 4.81. The van der Waals surface area contributed by atoms with Gasteiger partial charge in [-0.05, 0) is 41.8 Å². The van der Waals surface area contributed by atoms with Crippen LogP contribution in [0.5, 0.6) is 0 Å². The summed E-state index contributed by atoms with van der Waals surface area (Å²) in [5.41, 5.74) is 7.10. The number of anilines is 2. The lowest BCUT2D eigenvalue weighted by Gasteiger charge is -2.20. The molecule has 0 saturated carbocycles. The van der Waals surface area contributed by atoms with Crippen molar-refractivity contribution >= 4 is 28.2 Å². The lowest BCUT2D eigenvalue weighted by Crippen LogP contribution is -2.14. The van der Waals surface area contributed by atoms with Crippen LogP contribution < -0.4 is 9.80 Å². The fourth-order valence-electron chi connectivity index (χ4n) is 3.30. The number of aromatic nitrogens is 2. The zero-order valence-electron chi connectivity index (χ0n) is 15.0. The summed E-state index contributed by atoms with van der Waals surface area (Å²) in [4.78, 5) is 13.2. The Morgan fingerprint density at radius 1 is 1.16 bits per heavy atom. The SMILES string of the molecule is C=C1c2cc(CC)ccc2CN1c1ccc2nc(N(C)C)ncc2c1. The topological polar surface area (TPSA) is 32.3 Å². The van der Waals surface area contributed by atoms with Crippen LogP contribution in [0.25, 0.3) is 16.6 Å². The second kappa shape index (κ2) is 5.88. The van der Waals surface area contributed by atoms with Gasteiger partial charge in [0.25, 0.3) is 0 Å². The van der Waals surface area contributed by atoms with Crippen molar-refractivity contribution in [1.29, 1.82) is 0 Å². The molecule has 3 aromatic rings. The molecular weight excluding hydrogens is 308 g/mol. The monoisotopic (exact) mass is 330 g/mol. The molecule has 0 fully saturated rings. The normalized spacial score (nSPS) is 13.4. The first kappa shape index (κ1) is 15.6. The standard InChI is InChI=1S/C21H22N4/c1-5-15-6-7-16-13-25(14(2)19(16)10-15)18-8-9-20-17(11-18)12-22-21(23-20)24(3)4/h6-12H,2,5,13H2,1,3-4H3. The van der Waals surface area contributed by atoms with Crippen molar-refractivity contribution in [3.05, 3.63) is 65.9 Å². The predicted molar refractivity (Wildman–Crippen MR) is 105 cm³/mol. The first-order valence-electron chi connectivity index (χ1n) is 8.59. The van der Waals surface area contributed by atoms with Gasteiger partial charge < -0.3 is 9.80 Å². The van der Waals surface area contributed by atoms with Crippen LogP contribution in [0.2, 0.25) is 0 Å². The number of nitrogens with zero attached hydrogens (tertiary/aromatic N) is 4. The van der Waals surface area contributed by atoms with Gasteiger partial charge in [-0.3, -0.25) is 0 Å². The molecular formula is C21H22N4. The number of fused-ring (bicyclic) bond motifs is 2. The number of rotatable bonds is 3. The maximum atomic E-state index is 4.60. The van der Waals surface area contributed by atoms with Crippen LogP contribution in [-0.4, -0.2) is 24.1 Å². The number of benzene rings is 2. The van der Waals surface area contributed by atoms with E-state index in [9.17, 15) is 0 Å². The molecule has 0 saturated heterocycles. The molecule has 4 nitrogen and oxygen atoms in total. The van der Waals surface area contributed by atoms with E-state index >= 15 is 0 Å². The zero-order valence-corrected chi connectivity index (χ0v) is 15.0. The molecule has 1 aromatic heterocycles. The Morgan fingerprint density at radius 3 is 2.76 bits per heavy atom. The molecule has 2 aromatic carbocycles. The molecule has 0 atom stereocenters. The Kier molecular flexibility index (Phi) is 3.68. The summed E-state index contributed by atoms with van der Waals surface area (Å²) in [7, 11) is 3.90. The summed E-state index contributed by atoms with van der Waals surface area (Å²) in [6, 6.07) is 13.0. The molecule has 0 radical (unpaired) electrons. The fourth-order valence-corrected chi connectivity index (χ4v) is 3.30. The van der Waals surface area contributed by atoms with Gasteiger partial charge in [-0.25, -0.2) is 9.97 Å². The van der Waals surface area contributed by atoms with Crippen LogP contribution >= 0.6 is 0 Å². The Labute approximate surface area is 148 Å². The lowest BCUT2D eigenvalue weighted by molar-refractivity contribution is 1.01. The van der Waals surface area contributed by atoms with Gasteiger partial charge in [-0.2, -0.15) is 0 Å². The molecule has 1 aliphatic rings. The van der Waals surface area contributed by atoms with Crippen molar-refractivity contribution in [1.82, 2.24) is 9.97 Å². The molecule has 0 unspecified atom stereocenters. The van der Waals surface area contributed by atoms with E-state index in [2.05, 4.69) is 64.8 Å².